The first-order valence-corrected chi connectivity index (χ1v) is 12.0. The predicted molar refractivity (Wildman–Crippen MR) is 148 cm³/mol. The van der Waals surface area contributed by atoms with E-state index >= 15 is 0 Å². The Bertz CT molecular complexity index is 1590. The van der Waals surface area contributed by atoms with Crippen molar-refractivity contribution in [3.63, 3.8) is 0 Å². The molecule has 3 aromatic heterocycles. The van der Waals surface area contributed by atoms with Gasteiger partial charge in [-0.2, -0.15) is 0 Å². The molecule has 2 aromatic carbocycles. The Morgan fingerprint density at radius 2 is 0.914 bits per heavy atom. The van der Waals surface area contributed by atoms with E-state index in [9.17, 15) is 0 Å². The Morgan fingerprint density at radius 1 is 0.486 bits per heavy atom. The Morgan fingerprint density at radius 3 is 1.37 bits per heavy atom. The quantitative estimate of drug-likeness (QED) is 0.259. The zero-order valence-corrected chi connectivity index (χ0v) is 20.1. The molecule has 2 aliphatic rings. The fraction of sp³-hybridized carbons (Fsp3) is 0. The van der Waals surface area contributed by atoms with Gasteiger partial charge in [0.2, 0.25) is 0 Å². The summed E-state index contributed by atoms with van der Waals surface area (Å²) >= 11 is 2.74. The predicted octanol–water partition coefficient (Wildman–Crippen LogP) is 6.29. The first kappa shape index (κ1) is 21.4. The summed E-state index contributed by atoms with van der Waals surface area (Å²) in [6.45, 7) is 0. The Labute approximate surface area is 211 Å². The average Bonchev–Trinajstić information content (AvgIpc) is 3.66. The summed E-state index contributed by atoms with van der Waals surface area (Å²) in [7, 11) is 0. The van der Waals surface area contributed by atoms with Crippen LogP contribution in [0, 0.1) is 0 Å². The average molecular weight is 465 g/mol. The zero-order valence-electron chi connectivity index (χ0n) is 18.9. The van der Waals surface area contributed by atoms with Crippen LogP contribution < -0.4 is 4.43 Å². The fourth-order valence-corrected chi connectivity index (χ4v) is 4.57. The molecular formula is C30H21AlN4. The van der Waals surface area contributed by atoms with Gasteiger partial charge in [0.05, 0.1) is 22.8 Å². The zero-order chi connectivity index (χ0) is 23.6. The number of rotatable bonds is 0. The molecule has 5 heterocycles. The summed E-state index contributed by atoms with van der Waals surface area (Å²) in [5.41, 5.74) is 7.86. The molecule has 0 unspecified atom stereocenters. The van der Waals surface area contributed by atoms with Crippen LogP contribution in [-0.4, -0.2) is 36.2 Å². The molecule has 0 spiro atoms. The third kappa shape index (κ3) is 4.88. The van der Waals surface area contributed by atoms with E-state index in [4.69, 9.17) is 0 Å². The van der Waals surface area contributed by atoms with Gasteiger partial charge in [-0.05, 0) is 83.6 Å². The summed E-state index contributed by atoms with van der Waals surface area (Å²) < 4.78 is 1.27. The van der Waals surface area contributed by atoms with E-state index in [-0.39, 0.29) is 0 Å². The van der Waals surface area contributed by atoms with Crippen LogP contribution in [0.4, 0.5) is 0 Å². The van der Waals surface area contributed by atoms with Crippen LogP contribution in [0.2, 0.25) is 0 Å². The molecule has 4 nitrogen and oxygen atoms in total. The molecule has 0 atom stereocenters. The van der Waals surface area contributed by atoms with Crippen molar-refractivity contribution in [3.05, 3.63) is 114 Å². The highest BCUT2D eigenvalue weighted by atomic mass is 27.0. The number of aromatic amines is 2. The molecule has 8 bridgehead atoms. The van der Waals surface area contributed by atoms with Gasteiger partial charge >= 0.3 is 0 Å². The van der Waals surface area contributed by atoms with Crippen LogP contribution >= 0.6 is 0 Å². The third-order valence-electron chi connectivity index (χ3n) is 5.87. The van der Waals surface area contributed by atoms with Gasteiger partial charge in [-0.3, -0.25) is 0 Å². The molecule has 7 rings (SSSR count). The van der Waals surface area contributed by atoms with E-state index in [2.05, 4.69) is 103 Å². The van der Waals surface area contributed by atoms with E-state index < -0.39 is 0 Å². The maximum atomic E-state index is 4.63. The molecule has 5 heteroatoms. The van der Waals surface area contributed by atoms with Crippen LogP contribution in [0.3, 0.4) is 0 Å². The summed E-state index contributed by atoms with van der Waals surface area (Å²) in [6.07, 6.45) is 8.09. The number of hydrogen-bond acceptors (Lipinski definition) is 2. The summed E-state index contributed by atoms with van der Waals surface area (Å²) in [5, 5.41) is 2.63. The minimum absolute atomic E-state index is 0.939. The smallest absolute Gasteiger partial charge is 0.176 e. The second kappa shape index (κ2) is 9.23. The highest BCUT2D eigenvalue weighted by Crippen LogP contribution is 2.17. The number of nitrogens with zero attached hydrogens (tertiary/aromatic N) is 2. The molecule has 0 saturated carbocycles. The van der Waals surface area contributed by atoms with Crippen LogP contribution in [0.15, 0.2) is 91.0 Å². The highest BCUT2D eigenvalue weighted by Gasteiger charge is 2.01. The molecule has 0 aliphatic carbocycles. The van der Waals surface area contributed by atoms with Gasteiger partial charge in [0.25, 0.3) is 0 Å². The number of hydrogen-bond donors (Lipinski definition) is 2. The van der Waals surface area contributed by atoms with Crippen molar-refractivity contribution in [2.75, 3.05) is 0 Å². The minimum Gasteiger partial charge on any atom is -0.355 e. The fourth-order valence-electron chi connectivity index (χ4n) is 4.19. The van der Waals surface area contributed by atoms with Gasteiger partial charge in [0.1, 0.15) is 0 Å². The van der Waals surface area contributed by atoms with Crippen LogP contribution in [0.1, 0.15) is 22.8 Å². The van der Waals surface area contributed by atoms with E-state index in [0.29, 0.717) is 0 Å². The summed E-state index contributed by atoms with van der Waals surface area (Å²) in [4.78, 5) is 16.0. The molecule has 0 saturated heterocycles. The molecule has 2 aliphatic heterocycles. The number of fused-ring (bicyclic) bond motifs is 9. The lowest BCUT2D eigenvalue weighted by atomic mass is 10.1. The third-order valence-corrected chi connectivity index (χ3v) is 6.37. The summed E-state index contributed by atoms with van der Waals surface area (Å²) in [6, 6.07) is 31.1. The molecule has 0 amide bonds. The second-order valence-corrected chi connectivity index (χ2v) is 9.10. The molecule has 2 radical (unpaired) electrons. The van der Waals surface area contributed by atoms with Crippen LogP contribution in [0.5, 0.6) is 0 Å². The highest BCUT2D eigenvalue weighted by molar-refractivity contribution is 6.38. The molecular weight excluding hydrogens is 443 g/mol. The van der Waals surface area contributed by atoms with Crippen molar-refractivity contribution < 1.29 is 0 Å². The van der Waals surface area contributed by atoms with Gasteiger partial charge in [-0.25, -0.2) is 9.97 Å². The normalized spacial score (nSPS) is 11.9. The van der Waals surface area contributed by atoms with Crippen molar-refractivity contribution in [2.45, 2.75) is 0 Å². The Kier molecular flexibility index (Phi) is 5.64. The lowest BCUT2D eigenvalue weighted by Gasteiger charge is -2.00. The van der Waals surface area contributed by atoms with Crippen LogP contribution in [0.25, 0.3) is 57.1 Å². The summed E-state index contributed by atoms with van der Waals surface area (Å²) in [5.74, 6) is 0. The monoisotopic (exact) mass is 464 g/mol. The van der Waals surface area contributed by atoms with Gasteiger partial charge in [-0.15, -0.1) is 4.43 Å². The van der Waals surface area contributed by atoms with E-state index in [1.807, 2.05) is 48.6 Å². The lowest BCUT2D eigenvalue weighted by molar-refractivity contribution is 1.31. The van der Waals surface area contributed by atoms with Gasteiger partial charge < -0.3 is 9.97 Å². The van der Waals surface area contributed by atoms with Crippen LogP contribution in [-0.2, 0) is 0 Å². The second-order valence-electron chi connectivity index (χ2n) is 8.47. The number of aromatic nitrogens is 4. The topological polar surface area (TPSA) is 57.4 Å². The maximum Gasteiger partial charge on any atom is 0.176 e. The van der Waals surface area contributed by atoms with Gasteiger partial charge in [0, 0.05) is 22.1 Å². The minimum atomic E-state index is 0.939. The maximum absolute atomic E-state index is 4.63. The lowest BCUT2D eigenvalue weighted by Crippen LogP contribution is -2.01. The number of H-pyrrole nitrogens is 2. The largest absolute Gasteiger partial charge is 0.355 e. The Hall–Kier alpha value is -4.17. The first-order valence-electron chi connectivity index (χ1n) is 11.5. The van der Waals surface area contributed by atoms with Gasteiger partial charge in [0.15, 0.2) is 16.3 Å². The van der Waals surface area contributed by atoms with E-state index in [1.165, 1.54) is 15.2 Å². The number of benzene rings is 2. The SMILES string of the molecule is C1=Cc2cc3ccc(cc4nc(cc5ccc(cc1n2)[nH]5)C=C4)[nH]3.[Al][c]1cccc2ccccc12. The van der Waals surface area contributed by atoms with Crippen molar-refractivity contribution in [1.29, 1.82) is 0 Å². The van der Waals surface area contributed by atoms with Crippen molar-refractivity contribution in [2.24, 2.45) is 0 Å². The Balaban J connectivity index is 0.000000174. The standard InChI is InChI=1S/C20H14N4.C10H7.Al/c1-2-14-10-16-5-6-18(23-16)12-20-8-7-19(24-20)11-17-4-3-15(22-17)9-13(1)21-14;1-2-6-10-8-4-3-7-9(10)5-1;/h1-12,21,24H;1-7H;. The molecule has 0 fully saturated rings. The molecule has 35 heavy (non-hydrogen) atoms. The van der Waals surface area contributed by atoms with Crippen molar-refractivity contribution in [1.82, 2.24) is 19.9 Å². The van der Waals surface area contributed by atoms with Crippen molar-refractivity contribution >= 4 is 77.9 Å². The van der Waals surface area contributed by atoms with E-state index in [1.54, 1.807) is 0 Å². The van der Waals surface area contributed by atoms with Crippen molar-refractivity contribution in [3.8, 4) is 0 Å². The molecule has 5 aromatic rings. The van der Waals surface area contributed by atoms with E-state index in [0.717, 1.165) is 44.8 Å². The molecule has 164 valence electrons. The van der Waals surface area contributed by atoms with Gasteiger partial charge in [-0.1, -0.05) is 42.5 Å². The number of nitrogens with one attached hydrogen (secondary N) is 2. The molecule has 2 N–H and O–H groups in total. The first-order chi connectivity index (χ1) is 17.2.